The maximum atomic E-state index is 11.9. The molecule has 3 nitrogen and oxygen atoms in total. The van der Waals surface area contributed by atoms with Crippen molar-refractivity contribution in [1.29, 1.82) is 0 Å². The Hall–Kier alpha value is -0.980. The second-order valence-electron chi connectivity index (χ2n) is 3.52. The second-order valence-corrected chi connectivity index (χ2v) is 4.32. The molecule has 0 fully saturated rings. The first-order valence-electron chi connectivity index (χ1n) is 4.91. The van der Waals surface area contributed by atoms with Gasteiger partial charge in [0.2, 0.25) is 5.88 Å². The predicted octanol–water partition coefficient (Wildman–Crippen LogP) is 3.46. The minimum atomic E-state index is -4.15. The Morgan fingerprint density at radius 3 is 2.71 bits per heavy atom. The van der Waals surface area contributed by atoms with E-state index in [9.17, 15) is 13.2 Å². The molecule has 0 aliphatic heterocycles. The first-order valence-corrected chi connectivity index (χ1v) is 5.70. The SMILES string of the molecule is Cc1c(N)cnc(OCCCC(F)(F)F)c1Br. The Bertz CT molecular complexity index is 396. The third-order valence-electron chi connectivity index (χ3n) is 2.11. The summed E-state index contributed by atoms with van der Waals surface area (Å²) in [5.74, 6) is 0.263. The standard InChI is InChI=1S/C10H12BrF3N2O/c1-6-7(15)5-16-9(8(6)11)17-4-2-3-10(12,13)14/h5H,2-4,15H2,1H3. The number of nitrogen functional groups attached to an aromatic ring is 1. The van der Waals surface area contributed by atoms with Gasteiger partial charge in [-0.05, 0) is 34.8 Å². The van der Waals surface area contributed by atoms with Crippen molar-refractivity contribution in [3.05, 3.63) is 16.2 Å². The van der Waals surface area contributed by atoms with E-state index in [1.54, 1.807) is 6.92 Å². The molecule has 7 heteroatoms. The van der Waals surface area contributed by atoms with Gasteiger partial charge in [-0.25, -0.2) is 4.98 Å². The zero-order valence-corrected chi connectivity index (χ0v) is 10.7. The summed E-state index contributed by atoms with van der Waals surface area (Å²) in [6.45, 7) is 1.73. The molecule has 96 valence electrons. The third-order valence-corrected chi connectivity index (χ3v) is 3.05. The summed E-state index contributed by atoms with van der Waals surface area (Å²) >= 11 is 3.23. The average Bonchev–Trinajstić information content (AvgIpc) is 2.22. The summed E-state index contributed by atoms with van der Waals surface area (Å²) in [5.41, 5.74) is 6.86. The number of nitrogens with zero attached hydrogens (tertiary/aromatic N) is 1. The summed E-state index contributed by atoms with van der Waals surface area (Å²) in [6.07, 6.45) is -3.69. The molecule has 17 heavy (non-hydrogen) atoms. The number of hydrogen-bond acceptors (Lipinski definition) is 3. The fraction of sp³-hybridized carbons (Fsp3) is 0.500. The van der Waals surface area contributed by atoms with Crippen molar-refractivity contribution in [1.82, 2.24) is 4.98 Å². The summed E-state index contributed by atoms with van der Waals surface area (Å²) in [7, 11) is 0. The number of pyridine rings is 1. The summed E-state index contributed by atoms with van der Waals surface area (Å²) in [4.78, 5) is 3.90. The van der Waals surface area contributed by atoms with Crippen molar-refractivity contribution in [2.45, 2.75) is 25.9 Å². The zero-order chi connectivity index (χ0) is 13.1. The normalized spacial score (nSPS) is 11.6. The third kappa shape index (κ3) is 4.41. The number of hydrogen-bond donors (Lipinski definition) is 1. The lowest BCUT2D eigenvalue weighted by Gasteiger charge is -2.10. The molecule has 0 aliphatic carbocycles. The highest BCUT2D eigenvalue weighted by Crippen LogP contribution is 2.29. The van der Waals surface area contributed by atoms with Crippen LogP contribution in [0, 0.1) is 6.92 Å². The lowest BCUT2D eigenvalue weighted by Crippen LogP contribution is -2.10. The Morgan fingerprint density at radius 1 is 1.47 bits per heavy atom. The van der Waals surface area contributed by atoms with E-state index in [2.05, 4.69) is 20.9 Å². The largest absolute Gasteiger partial charge is 0.477 e. The summed E-state index contributed by atoms with van der Waals surface area (Å²) in [6, 6.07) is 0. The van der Waals surface area contributed by atoms with Gasteiger partial charge in [-0.15, -0.1) is 0 Å². The van der Waals surface area contributed by atoms with Crippen LogP contribution >= 0.6 is 15.9 Å². The van der Waals surface area contributed by atoms with Crippen molar-refractivity contribution in [3.63, 3.8) is 0 Å². The van der Waals surface area contributed by atoms with E-state index in [1.165, 1.54) is 6.20 Å². The molecule has 0 spiro atoms. The van der Waals surface area contributed by atoms with Crippen LogP contribution < -0.4 is 10.5 Å². The van der Waals surface area contributed by atoms with E-state index in [4.69, 9.17) is 10.5 Å². The molecule has 0 saturated carbocycles. The van der Waals surface area contributed by atoms with Crippen molar-refractivity contribution in [2.24, 2.45) is 0 Å². The quantitative estimate of drug-likeness (QED) is 0.866. The van der Waals surface area contributed by atoms with Crippen LogP contribution in [0.1, 0.15) is 18.4 Å². The van der Waals surface area contributed by atoms with Crippen LogP contribution in [0.25, 0.3) is 0 Å². The molecule has 1 aromatic heterocycles. The van der Waals surface area contributed by atoms with Gasteiger partial charge in [-0.3, -0.25) is 0 Å². The molecule has 0 bridgehead atoms. The van der Waals surface area contributed by atoms with Crippen molar-refractivity contribution >= 4 is 21.6 Å². The smallest absolute Gasteiger partial charge is 0.389 e. The fourth-order valence-corrected chi connectivity index (χ4v) is 1.56. The van der Waals surface area contributed by atoms with E-state index in [-0.39, 0.29) is 18.9 Å². The van der Waals surface area contributed by atoms with Crippen molar-refractivity contribution in [3.8, 4) is 5.88 Å². The maximum Gasteiger partial charge on any atom is 0.389 e. The van der Waals surface area contributed by atoms with Crippen LogP contribution in [0.2, 0.25) is 0 Å². The second kappa shape index (κ2) is 5.57. The van der Waals surface area contributed by atoms with E-state index in [0.29, 0.717) is 10.2 Å². The molecule has 0 aromatic carbocycles. The van der Waals surface area contributed by atoms with Gasteiger partial charge in [0, 0.05) is 6.42 Å². The molecule has 2 N–H and O–H groups in total. The topological polar surface area (TPSA) is 48.1 Å². The van der Waals surface area contributed by atoms with Gasteiger partial charge in [-0.1, -0.05) is 0 Å². The van der Waals surface area contributed by atoms with Crippen molar-refractivity contribution < 1.29 is 17.9 Å². The molecule has 1 aromatic rings. The van der Waals surface area contributed by atoms with Gasteiger partial charge in [-0.2, -0.15) is 13.2 Å². The Balaban J connectivity index is 2.51. The lowest BCUT2D eigenvalue weighted by atomic mass is 10.2. The number of alkyl halides is 3. The average molecular weight is 313 g/mol. The van der Waals surface area contributed by atoms with Crippen LogP contribution in [-0.4, -0.2) is 17.8 Å². The maximum absolute atomic E-state index is 11.9. The fourth-order valence-electron chi connectivity index (χ4n) is 1.11. The minimum absolute atomic E-state index is 0.0333. The number of aromatic nitrogens is 1. The highest BCUT2D eigenvalue weighted by Gasteiger charge is 2.26. The molecule has 0 aliphatic rings. The van der Waals surface area contributed by atoms with Gasteiger partial charge < -0.3 is 10.5 Å². The number of halogens is 4. The van der Waals surface area contributed by atoms with Crippen molar-refractivity contribution in [2.75, 3.05) is 12.3 Å². The zero-order valence-electron chi connectivity index (χ0n) is 9.14. The van der Waals surface area contributed by atoms with Gasteiger partial charge in [0.25, 0.3) is 0 Å². The van der Waals surface area contributed by atoms with Crippen LogP contribution in [0.15, 0.2) is 10.7 Å². The molecular weight excluding hydrogens is 301 g/mol. The highest BCUT2D eigenvalue weighted by atomic mass is 79.9. The number of rotatable bonds is 4. The molecular formula is C10H12BrF3N2O. The molecule has 0 atom stereocenters. The lowest BCUT2D eigenvalue weighted by molar-refractivity contribution is -0.136. The van der Waals surface area contributed by atoms with E-state index < -0.39 is 12.6 Å². The van der Waals surface area contributed by atoms with Gasteiger partial charge >= 0.3 is 6.18 Å². The van der Waals surface area contributed by atoms with Gasteiger partial charge in [0.1, 0.15) is 0 Å². The molecule has 0 saturated heterocycles. The van der Waals surface area contributed by atoms with Gasteiger partial charge in [0.15, 0.2) is 0 Å². The number of anilines is 1. The summed E-state index contributed by atoms with van der Waals surface area (Å²) < 4.78 is 41.4. The predicted molar refractivity (Wildman–Crippen MR) is 61.9 cm³/mol. The van der Waals surface area contributed by atoms with E-state index in [1.807, 2.05) is 0 Å². The van der Waals surface area contributed by atoms with Crippen LogP contribution in [0.4, 0.5) is 18.9 Å². The summed E-state index contributed by atoms with van der Waals surface area (Å²) in [5, 5.41) is 0. The molecule has 0 radical (unpaired) electrons. The number of ether oxygens (including phenoxy) is 1. The molecule has 0 amide bonds. The van der Waals surface area contributed by atoms with Crippen LogP contribution in [0.3, 0.4) is 0 Å². The van der Waals surface area contributed by atoms with Crippen LogP contribution in [0.5, 0.6) is 5.88 Å². The molecule has 1 rings (SSSR count). The first-order chi connectivity index (χ1) is 7.81. The Morgan fingerprint density at radius 2 is 2.12 bits per heavy atom. The molecule has 0 unspecified atom stereocenters. The monoisotopic (exact) mass is 312 g/mol. The van der Waals surface area contributed by atoms with Crippen LogP contribution in [-0.2, 0) is 0 Å². The highest BCUT2D eigenvalue weighted by molar-refractivity contribution is 9.10. The molecule has 1 heterocycles. The van der Waals surface area contributed by atoms with Gasteiger partial charge in [0.05, 0.1) is 23.0 Å². The number of nitrogens with two attached hydrogens (primary N) is 1. The Kier molecular flexibility index (Phi) is 4.62. The first kappa shape index (κ1) is 14.1. The van der Waals surface area contributed by atoms with E-state index in [0.717, 1.165) is 5.56 Å². The van der Waals surface area contributed by atoms with E-state index >= 15 is 0 Å². The minimum Gasteiger partial charge on any atom is -0.477 e. The Labute approximate surface area is 105 Å².